The minimum Gasteiger partial charge on any atom is -0.660 e. The molecule has 0 unspecified atom stereocenters. The number of aryl methyl sites for hydroxylation is 2. The van der Waals surface area contributed by atoms with Crippen molar-refractivity contribution in [3.63, 3.8) is 0 Å². The van der Waals surface area contributed by atoms with Gasteiger partial charge in [0.25, 0.3) is 0 Å². The fourth-order valence-electron chi connectivity index (χ4n) is 8.06. The molecule has 0 saturated carbocycles. The van der Waals surface area contributed by atoms with Gasteiger partial charge >= 0.3 is 21.1 Å². The fraction of sp³-hybridized carbons (Fsp3) is 0.0377. The number of nitriles is 1. The van der Waals surface area contributed by atoms with Gasteiger partial charge in [-0.05, 0) is 41.1 Å². The molecule has 0 aliphatic heterocycles. The van der Waals surface area contributed by atoms with Gasteiger partial charge < -0.3 is 4.98 Å². The topological polar surface area (TPSA) is 68.6 Å². The Labute approximate surface area is 357 Å². The predicted octanol–water partition coefficient (Wildman–Crippen LogP) is 12.8. The second kappa shape index (κ2) is 15.7. The molecule has 282 valence electrons. The molecule has 0 fully saturated rings. The first kappa shape index (κ1) is 37.5. The minimum atomic E-state index is 0. The second-order valence-corrected chi connectivity index (χ2v) is 14.5. The van der Waals surface area contributed by atoms with E-state index >= 15 is 0 Å². The molecule has 0 bridgehead atoms. The molecule has 3 heterocycles. The predicted molar refractivity (Wildman–Crippen MR) is 235 cm³/mol. The number of aromatic nitrogens is 4. The number of imidazole rings is 1. The van der Waals surface area contributed by atoms with Gasteiger partial charge in [-0.2, -0.15) is 11.0 Å². The quantitative estimate of drug-likeness (QED) is 0.149. The minimum absolute atomic E-state index is 0. The van der Waals surface area contributed by atoms with Crippen LogP contribution in [0.25, 0.3) is 94.8 Å². The molecule has 7 aromatic carbocycles. The van der Waals surface area contributed by atoms with Crippen molar-refractivity contribution in [3.05, 3.63) is 199 Å². The summed E-state index contributed by atoms with van der Waals surface area (Å²) in [4.78, 5) is 15.6. The van der Waals surface area contributed by atoms with Gasteiger partial charge in [-0.25, -0.2) is 4.98 Å². The zero-order valence-corrected chi connectivity index (χ0v) is 34.6. The Morgan fingerprint density at radius 3 is 1.93 bits per heavy atom. The van der Waals surface area contributed by atoms with Gasteiger partial charge in [-0.15, -0.1) is 29.3 Å². The third-order valence-electron chi connectivity index (χ3n) is 11.1. The Hall–Kier alpha value is -7.12. The van der Waals surface area contributed by atoms with Gasteiger partial charge in [0.1, 0.15) is 5.82 Å². The molecule has 0 aliphatic carbocycles. The number of pyridine rings is 1. The molecule has 59 heavy (non-hydrogen) atoms. The maximum Gasteiger partial charge on any atom is 2.00 e. The molecule has 0 atom stereocenters. The molecular formula is C53H35N5Pt. The third kappa shape index (κ3) is 6.68. The number of benzene rings is 7. The standard InChI is InChI=1S/C53H35N5.Pt/c1-34-35(2)56-51-43(34)23-14-25-46(51)53-57-52-45(24-15-27-50(52)58(53)49-26-13-12-22-44(49)37-18-8-4-9-19-37)40-28-39(36-16-6-3-7-17-36)29-41(30-40)48-31-42(32-54)47(33-55-48)38-20-10-5-11-21-38;/h3-29,31,33H,1-2H3;/q-2;+2. The van der Waals surface area contributed by atoms with E-state index in [0.717, 1.165) is 94.8 Å². The summed E-state index contributed by atoms with van der Waals surface area (Å²) in [6.45, 7) is 4.21. The summed E-state index contributed by atoms with van der Waals surface area (Å²) in [7, 11) is 0. The Morgan fingerprint density at radius 2 is 1.20 bits per heavy atom. The number of hydrogen-bond acceptors (Lipinski definition) is 3. The van der Waals surface area contributed by atoms with Crippen molar-refractivity contribution in [1.82, 2.24) is 19.5 Å². The molecule has 10 aromatic rings. The summed E-state index contributed by atoms with van der Waals surface area (Å²) >= 11 is 0. The van der Waals surface area contributed by atoms with Crippen LogP contribution in [-0.2, 0) is 21.1 Å². The molecule has 0 aliphatic rings. The average Bonchev–Trinajstić information content (AvgIpc) is 3.83. The van der Waals surface area contributed by atoms with E-state index in [1.807, 2.05) is 60.7 Å². The Morgan fingerprint density at radius 1 is 0.593 bits per heavy atom. The summed E-state index contributed by atoms with van der Waals surface area (Å²) in [5.41, 5.74) is 16.8. The van der Waals surface area contributed by atoms with Crippen molar-refractivity contribution in [1.29, 1.82) is 5.26 Å². The molecular weight excluding hydrogens is 902 g/mol. The second-order valence-electron chi connectivity index (χ2n) is 14.5. The van der Waals surface area contributed by atoms with Gasteiger partial charge in [0.05, 0.1) is 28.4 Å². The normalized spacial score (nSPS) is 11.1. The van der Waals surface area contributed by atoms with Crippen LogP contribution < -0.4 is 4.98 Å². The summed E-state index contributed by atoms with van der Waals surface area (Å²) in [5, 5.41) is 11.4. The Bertz CT molecular complexity index is 3190. The molecule has 3 aromatic heterocycles. The number of para-hydroxylation sites is 3. The monoisotopic (exact) mass is 936 g/mol. The van der Waals surface area contributed by atoms with E-state index < -0.39 is 0 Å². The van der Waals surface area contributed by atoms with Crippen LogP contribution in [0, 0.1) is 31.2 Å². The van der Waals surface area contributed by atoms with Crippen LogP contribution in [0.2, 0.25) is 0 Å². The molecule has 10 rings (SSSR count). The zero-order valence-electron chi connectivity index (χ0n) is 32.3. The first-order chi connectivity index (χ1) is 28.6. The summed E-state index contributed by atoms with van der Waals surface area (Å²) in [5.74, 6) is 0.810. The first-order valence-corrected chi connectivity index (χ1v) is 19.3. The Kier molecular flexibility index (Phi) is 9.95. The van der Waals surface area contributed by atoms with Crippen LogP contribution in [0.3, 0.4) is 0 Å². The van der Waals surface area contributed by atoms with Crippen LogP contribution >= 0.6 is 0 Å². The molecule has 0 radical (unpaired) electrons. The summed E-state index contributed by atoms with van der Waals surface area (Å²) in [6.07, 6.45) is 1.80. The van der Waals surface area contributed by atoms with E-state index in [4.69, 9.17) is 15.0 Å². The van der Waals surface area contributed by atoms with E-state index in [1.54, 1.807) is 6.20 Å². The van der Waals surface area contributed by atoms with Crippen LogP contribution in [0.5, 0.6) is 0 Å². The van der Waals surface area contributed by atoms with Crippen molar-refractivity contribution in [2.75, 3.05) is 0 Å². The maximum atomic E-state index is 10.3. The van der Waals surface area contributed by atoms with Gasteiger partial charge in [0, 0.05) is 28.6 Å². The Balaban J connectivity index is 0.00000449. The van der Waals surface area contributed by atoms with Crippen molar-refractivity contribution in [2.24, 2.45) is 0 Å². The van der Waals surface area contributed by atoms with Gasteiger partial charge in [-0.3, -0.25) is 9.55 Å². The first-order valence-electron chi connectivity index (χ1n) is 19.3. The van der Waals surface area contributed by atoms with Crippen molar-refractivity contribution in [3.8, 4) is 78.9 Å². The molecule has 6 heteroatoms. The van der Waals surface area contributed by atoms with Crippen LogP contribution in [0.4, 0.5) is 0 Å². The van der Waals surface area contributed by atoms with Gasteiger partial charge in [0.2, 0.25) is 0 Å². The van der Waals surface area contributed by atoms with E-state index in [2.05, 4.69) is 140 Å². The summed E-state index contributed by atoms with van der Waals surface area (Å²) in [6, 6.07) is 64.4. The van der Waals surface area contributed by atoms with Crippen molar-refractivity contribution >= 4 is 21.9 Å². The average molecular weight is 937 g/mol. The van der Waals surface area contributed by atoms with E-state index in [9.17, 15) is 5.26 Å². The largest absolute Gasteiger partial charge is 2.00 e. The smallest absolute Gasteiger partial charge is 0.660 e. The van der Waals surface area contributed by atoms with E-state index in [0.29, 0.717) is 11.3 Å². The molecule has 0 amide bonds. The molecule has 0 N–H and O–H groups in total. The molecule has 0 spiro atoms. The van der Waals surface area contributed by atoms with Crippen LogP contribution in [0.1, 0.15) is 16.8 Å². The van der Waals surface area contributed by atoms with Crippen LogP contribution in [0.15, 0.2) is 176 Å². The van der Waals surface area contributed by atoms with E-state index in [1.165, 1.54) is 5.56 Å². The summed E-state index contributed by atoms with van der Waals surface area (Å²) < 4.78 is 2.29. The number of fused-ring (bicyclic) bond motifs is 2. The number of rotatable bonds is 7. The van der Waals surface area contributed by atoms with Crippen molar-refractivity contribution < 1.29 is 21.1 Å². The number of nitrogens with zero attached hydrogens (tertiary/aromatic N) is 5. The SMILES string of the molecule is Cc1[n-]c2c(-c3nc4c(-c5[c-]c(-c6cc(C#N)c(-c7ccccc7)cn6)cc(-c6ccccc6)c5)cccc4n3-c3ccccc3-c3ccccc3)cccc2c1C.[Pt+2]. The zero-order chi connectivity index (χ0) is 39.2. The molecule has 5 nitrogen and oxygen atoms in total. The van der Waals surface area contributed by atoms with E-state index in [-0.39, 0.29) is 21.1 Å². The maximum absolute atomic E-state index is 10.3. The number of hydrogen-bond donors (Lipinski definition) is 0. The van der Waals surface area contributed by atoms with Crippen LogP contribution in [-0.4, -0.2) is 14.5 Å². The third-order valence-corrected chi connectivity index (χ3v) is 11.1. The molecule has 0 saturated heterocycles. The van der Waals surface area contributed by atoms with Gasteiger partial charge in [-0.1, -0.05) is 175 Å². The fourth-order valence-corrected chi connectivity index (χ4v) is 8.06. The van der Waals surface area contributed by atoms with Gasteiger partial charge in [0.15, 0.2) is 0 Å². The van der Waals surface area contributed by atoms with Crippen molar-refractivity contribution in [2.45, 2.75) is 13.8 Å².